The van der Waals surface area contributed by atoms with E-state index in [0.29, 0.717) is 30.9 Å². The fraction of sp³-hybridized carbons (Fsp3) is 0.350. The Morgan fingerprint density at radius 2 is 1.96 bits per heavy atom. The number of thioether (sulfide) groups is 1. The molecule has 0 aromatic heterocycles. The summed E-state index contributed by atoms with van der Waals surface area (Å²) in [6.07, 6.45) is 2.58. The number of benzene rings is 2. The number of ketones is 1. The van der Waals surface area contributed by atoms with Gasteiger partial charge in [0, 0.05) is 17.4 Å². The molecule has 2 aromatic carbocycles. The molecule has 4 heteroatoms. The van der Waals surface area contributed by atoms with Gasteiger partial charge in [-0.2, -0.15) is 0 Å². The average molecular weight is 342 g/mol. The molecule has 0 unspecified atom stereocenters. The number of hydrogen-bond acceptors (Lipinski definition) is 4. The lowest BCUT2D eigenvalue weighted by Crippen LogP contribution is -2.15. The van der Waals surface area contributed by atoms with Gasteiger partial charge < -0.3 is 9.47 Å². The second kappa shape index (κ2) is 8.25. The number of rotatable bonds is 7. The van der Waals surface area contributed by atoms with Gasteiger partial charge in [0.1, 0.15) is 11.5 Å². The van der Waals surface area contributed by atoms with E-state index >= 15 is 0 Å². The van der Waals surface area contributed by atoms with Crippen LogP contribution < -0.4 is 9.47 Å². The van der Waals surface area contributed by atoms with E-state index in [1.807, 2.05) is 23.9 Å². The summed E-state index contributed by atoms with van der Waals surface area (Å²) in [5, 5.41) is 0. The maximum absolute atomic E-state index is 11.7. The quantitative estimate of drug-likeness (QED) is 0.529. The zero-order valence-electron chi connectivity index (χ0n) is 13.9. The molecule has 126 valence electrons. The maximum Gasteiger partial charge on any atom is 0.169 e. The first-order valence-corrected chi connectivity index (χ1v) is 9.33. The smallest absolute Gasteiger partial charge is 0.169 e. The van der Waals surface area contributed by atoms with Gasteiger partial charge in [0.25, 0.3) is 0 Å². The van der Waals surface area contributed by atoms with Gasteiger partial charge in [0.15, 0.2) is 5.78 Å². The van der Waals surface area contributed by atoms with Crippen LogP contribution in [0.4, 0.5) is 0 Å². The molecule has 0 spiro atoms. The Kier molecular flexibility index (Phi) is 5.81. The minimum Gasteiger partial charge on any atom is -0.493 e. The number of carbonyl (C=O) groups excluding carboxylic acids is 1. The first-order chi connectivity index (χ1) is 11.7. The third-order valence-corrected chi connectivity index (χ3v) is 5.04. The topological polar surface area (TPSA) is 35.5 Å². The van der Waals surface area contributed by atoms with Crippen LogP contribution in [-0.2, 0) is 0 Å². The van der Waals surface area contributed by atoms with E-state index in [9.17, 15) is 4.79 Å². The lowest BCUT2D eigenvalue weighted by Gasteiger charge is -2.17. The third-order valence-electron chi connectivity index (χ3n) is 3.94. The fourth-order valence-corrected chi connectivity index (χ4v) is 3.46. The van der Waals surface area contributed by atoms with E-state index < -0.39 is 0 Å². The standard InChI is InChI=1S/C20H22O3S/c1-15-4-7-17(8-5-15)24-13-3-2-11-22-16-6-9-18-19(21)10-12-23-20(18)14-16/h4-9,14H,2-3,10-13H2,1H3. The molecular weight excluding hydrogens is 320 g/mol. The summed E-state index contributed by atoms with van der Waals surface area (Å²) in [6.45, 7) is 3.25. The van der Waals surface area contributed by atoms with Crippen molar-refractivity contribution in [1.29, 1.82) is 0 Å². The van der Waals surface area contributed by atoms with E-state index in [2.05, 4.69) is 31.2 Å². The molecule has 0 bridgehead atoms. The lowest BCUT2D eigenvalue weighted by molar-refractivity contribution is 0.0933. The SMILES string of the molecule is Cc1ccc(SCCCCOc2ccc3c(c2)OCCC3=O)cc1. The molecule has 0 saturated heterocycles. The van der Waals surface area contributed by atoms with Gasteiger partial charge >= 0.3 is 0 Å². The van der Waals surface area contributed by atoms with Crippen molar-refractivity contribution in [2.75, 3.05) is 19.0 Å². The normalized spacial score (nSPS) is 13.3. The highest BCUT2D eigenvalue weighted by molar-refractivity contribution is 7.99. The van der Waals surface area contributed by atoms with Crippen molar-refractivity contribution in [3.8, 4) is 11.5 Å². The highest BCUT2D eigenvalue weighted by Crippen LogP contribution is 2.29. The number of fused-ring (bicyclic) bond motifs is 1. The van der Waals surface area contributed by atoms with Gasteiger partial charge in [-0.15, -0.1) is 11.8 Å². The molecule has 3 rings (SSSR count). The molecule has 0 amide bonds. The summed E-state index contributed by atoms with van der Waals surface area (Å²) >= 11 is 1.88. The summed E-state index contributed by atoms with van der Waals surface area (Å²) in [5.74, 6) is 2.66. The lowest BCUT2D eigenvalue weighted by atomic mass is 10.1. The monoisotopic (exact) mass is 342 g/mol. The van der Waals surface area contributed by atoms with Crippen LogP contribution in [0.1, 0.15) is 35.2 Å². The number of Topliss-reactive ketones (excluding diaryl/α,β-unsaturated/α-hetero) is 1. The molecule has 0 saturated carbocycles. The summed E-state index contributed by atoms with van der Waals surface area (Å²) in [4.78, 5) is 13.1. The van der Waals surface area contributed by atoms with Crippen molar-refractivity contribution in [2.24, 2.45) is 0 Å². The zero-order valence-corrected chi connectivity index (χ0v) is 14.7. The average Bonchev–Trinajstić information content (AvgIpc) is 2.60. The first-order valence-electron chi connectivity index (χ1n) is 8.35. The van der Waals surface area contributed by atoms with Gasteiger partial charge in [-0.05, 0) is 49.8 Å². The number of ether oxygens (including phenoxy) is 2. The Morgan fingerprint density at radius 3 is 2.79 bits per heavy atom. The molecule has 0 atom stereocenters. The Labute approximate surface area is 147 Å². The van der Waals surface area contributed by atoms with Crippen LogP contribution in [0.5, 0.6) is 11.5 Å². The molecule has 1 aliphatic heterocycles. The van der Waals surface area contributed by atoms with Crippen LogP contribution >= 0.6 is 11.8 Å². The second-order valence-corrected chi connectivity index (χ2v) is 7.07. The molecule has 0 N–H and O–H groups in total. The zero-order chi connectivity index (χ0) is 16.8. The fourth-order valence-electron chi connectivity index (χ4n) is 2.55. The van der Waals surface area contributed by atoms with E-state index in [0.717, 1.165) is 24.3 Å². The summed E-state index contributed by atoms with van der Waals surface area (Å²) in [5.41, 5.74) is 1.96. The molecule has 0 aliphatic carbocycles. The summed E-state index contributed by atoms with van der Waals surface area (Å²) < 4.78 is 11.3. The van der Waals surface area contributed by atoms with Crippen LogP contribution in [0, 0.1) is 6.92 Å². The van der Waals surface area contributed by atoms with E-state index in [1.54, 1.807) is 6.07 Å². The van der Waals surface area contributed by atoms with E-state index in [-0.39, 0.29) is 5.78 Å². The number of carbonyl (C=O) groups is 1. The van der Waals surface area contributed by atoms with Gasteiger partial charge in [0.2, 0.25) is 0 Å². The van der Waals surface area contributed by atoms with Crippen molar-refractivity contribution < 1.29 is 14.3 Å². The number of aryl methyl sites for hydroxylation is 1. The third kappa shape index (κ3) is 4.54. The Bertz CT molecular complexity index is 695. The minimum atomic E-state index is 0.149. The predicted molar refractivity (Wildman–Crippen MR) is 97.5 cm³/mol. The first kappa shape index (κ1) is 16.9. The highest BCUT2D eigenvalue weighted by Gasteiger charge is 2.18. The van der Waals surface area contributed by atoms with Crippen LogP contribution in [0.3, 0.4) is 0 Å². The van der Waals surface area contributed by atoms with Crippen molar-refractivity contribution in [3.63, 3.8) is 0 Å². The van der Waals surface area contributed by atoms with Crippen LogP contribution in [0.15, 0.2) is 47.4 Å². The van der Waals surface area contributed by atoms with Crippen LogP contribution in [-0.4, -0.2) is 24.7 Å². The van der Waals surface area contributed by atoms with Gasteiger partial charge in [0.05, 0.1) is 18.8 Å². The van der Waals surface area contributed by atoms with Crippen LogP contribution in [0.2, 0.25) is 0 Å². The molecule has 1 heterocycles. The number of hydrogen-bond donors (Lipinski definition) is 0. The van der Waals surface area contributed by atoms with Gasteiger partial charge in [-0.1, -0.05) is 17.7 Å². The van der Waals surface area contributed by atoms with Crippen molar-refractivity contribution in [2.45, 2.75) is 31.1 Å². The molecule has 3 nitrogen and oxygen atoms in total. The second-order valence-electron chi connectivity index (χ2n) is 5.90. The highest BCUT2D eigenvalue weighted by atomic mass is 32.2. The van der Waals surface area contributed by atoms with E-state index in [4.69, 9.17) is 9.47 Å². The molecule has 0 radical (unpaired) electrons. The van der Waals surface area contributed by atoms with Crippen molar-refractivity contribution in [3.05, 3.63) is 53.6 Å². The number of unbranched alkanes of at least 4 members (excludes halogenated alkanes) is 1. The largest absolute Gasteiger partial charge is 0.493 e. The summed E-state index contributed by atoms with van der Waals surface area (Å²) in [7, 11) is 0. The van der Waals surface area contributed by atoms with E-state index in [1.165, 1.54) is 10.5 Å². The maximum atomic E-state index is 11.7. The summed E-state index contributed by atoms with van der Waals surface area (Å²) in [6, 6.07) is 14.1. The molecular formula is C20H22O3S. The Balaban J connectivity index is 1.37. The van der Waals surface area contributed by atoms with Gasteiger partial charge in [-0.25, -0.2) is 0 Å². The molecule has 2 aromatic rings. The minimum absolute atomic E-state index is 0.149. The van der Waals surface area contributed by atoms with Crippen molar-refractivity contribution in [1.82, 2.24) is 0 Å². The van der Waals surface area contributed by atoms with Crippen molar-refractivity contribution >= 4 is 17.5 Å². The Morgan fingerprint density at radius 1 is 1.12 bits per heavy atom. The van der Waals surface area contributed by atoms with Gasteiger partial charge in [-0.3, -0.25) is 4.79 Å². The Hall–Kier alpha value is -1.94. The predicted octanol–water partition coefficient (Wildman–Crippen LogP) is 4.91. The molecule has 1 aliphatic rings. The van der Waals surface area contributed by atoms with Crippen LogP contribution in [0.25, 0.3) is 0 Å². The molecule has 24 heavy (non-hydrogen) atoms. The molecule has 0 fully saturated rings.